The van der Waals surface area contributed by atoms with E-state index in [2.05, 4.69) is 5.32 Å². The van der Waals surface area contributed by atoms with Gasteiger partial charge in [0.1, 0.15) is 16.9 Å². The molecule has 49 heavy (non-hydrogen) atoms. The van der Waals surface area contributed by atoms with Crippen LogP contribution in [0.1, 0.15) is 72.5 Å². The van der Waals surface area contributed by atoms with Crippen molar-refractivity contribution in [3.05, 3.63) is 87.6 Å². The molecule has 3 aromatic rings. The molecule has 1 unspecified atom stereocenters. The molecule has 1 saturated carbocycles. The van der Waals surface area contributed by atoms with Gasteiger partial charge in [0.05, 0.1) is 35.7 Å². The van der Waals surface area contributed by atoms with E-state index in [1.807, 2.05) is 30.3 Å². The molecule has 1 aromatic heterocycles. The quantitative estimate of drug-likeness (QED) is 0.121. The van der Waals surface area contributed by atoms with Crippen LogP contribution in [0, 0.1) is 0 Å². The summed E-state index contributed by atoms with van der Waals surface area (Å²) in [5, 5.41) is 9.63. The SMILES string of the molecule is O=C(CNCCCCCOc1ccc(C(F)(F)F)cc1)N1CCc2nc(C3CCC3)n(-c3ccccc3)c(=O)c2C1S.O=C(O)C(F)(F)F. The van der Waals surface area contributed by atoms with Crippen molar-refractivity contribution in [2.45, 2.75) is 68.6 Å². The van der Waals surface area contributed by atoms with Gasteiger partial charge in [-0.15, -0.1) is 12.6 Å². The molecule has 2 N–H and O–H groups in total. The number of amides is 1. The third-order valence-corrected chi connectivity index (χ3v) is 8.67. The standard InChI is InChI=1S/C31H35F3N4O3S.C2HF3O2/c32-31(33,34)22-12-14-24(15-13-22)41-19-6-2-5-17-35-20-26(39)37-18-16-25-27(30(37)42)29(40)38(23-10-3-1-4-11-23)28(36-25)21-8-7-9-21;3-2(4,5)1(6)7/h1,3-4,10-15,21,30,35,42H,2,5-9,16-20H2;(H,6,7). The van der Waals surface area contributed by atoms with Crippen molar-refractivity contribution in [3.63, 3.8) is 0 Å². The van der Waals surface area contributed by atoms with E-state index in [-0.39, 0.29) is 23.9 Å². The van der Waals surface area contributed by atoms with Crippen LogP contribution in [0.2, 0.25) is 0 Å². The summed E-state index contributed by atoms with van der Waals surface area (Å²) in [4.78, 5) is 42.4. The van der Waals surface area contributed by atoms with Gasteiger partial charge in [-0.05, 0) is 75.0 Å². The maximum atomic E-state index is 13.9. The van der Waals surface area contributed by atoms with Crippen LogP contribution in [-0.2, 0) is 22.2 Å². The van der Waals surface area contributed by atoms with Crippen molar-refractivity contribution < 1.29 is 45.8 Å². The van der Waals surface area contributed by atoms with Gasteiger partial charge in [-0.3, -0.25) is 14.2 Å². The van der Waals surface area contributed by atoms with Gasteiger partial charge < -0.3 is 20.1 Å². The summed E-state index contributed by atoms with van der Waals surface area (Å²) >= 11 is 4.73. The number of carbonyl (C=O) groups is 2. The number of para-hydroxylation sites is 1. The number of carbonyl (C=O) groups excluding carboxylic acids is 1. The molecule has 2 heterocycles. The number of benzene rings is 2. The molecule has 16 heteroatoms. The first-order chi connectivity index (χ1) is 23.2. The number of nitrogens with one attached hydrogen (secondary N) is 1. The van der Waals surface area contributed by atoms with Crippen molar-refractivity contribution in [3.8, 4) is 11.4 Å². The van der Waals surface area contributed by atoms with Crippen molar-refractivity contribution in [2.75, 3.05) is 26.2 Å². The second kappa shape index (κ2) is 16.6. The van der Waals surface area contributed by atoms with Crippen molar-refractivity contribution in [1.82, 2.24) is 19.8 Å². The number of aromatic nitrogens is 2. The molecule has 1 fully saturated rings. The zero-order valence-electron chi connectivity index (χ0n) is 26.3. The Hall–Kier alpha value is -4.05. The number of rotatable bonds is 11. The predicted molar refractivity (Wildman–Crippen MR) is 171 cm³/mol. The average molecular weight is 715 g/mol. The zero-order valence-corrected chi connectivity index (χ0v) is 27.2. The van der Waals surface area contributed by atoms with Gasteiger partial charge in [-0.1, -0.05) is 24.6 Å². The van der Waals surface area contributed by atoms with Crippen LogP contribution in [0.25, 0.3) is 5.69 Å². The number of carboxylic acids is 1. The predicted octanol–water partition coefficient (Wildman–Crippen LogP) is 6.30. The highest BCUT2D eigenvalue weighted by Gasteiger charge is 2.38. The fraction of sp³-hybridized carbons (Fsp3) is 0.455. The van der Waals surface area contributed by atoms with Crippen molar-refractivity contribution >= 4 is 24.5 Å². The number of nitrogens with zero attached hydrogens (tertiary/aromatic N) is 3. The number of ether oxygens (including phenoxy) is 1. The van der Waals surface area contributed by atoms with Gasteiger partial charge in [0.25, 0.3) is 5.56 Å². The van der Waals surface area contributed by atoms with E-state index in [0.29, 0.717) is 37.4 Å². The van der Waals surface area contributed by atoms with Gasteiger partial charge >= 0.3 is 18.3 Å². The molecule has 0 radical (unpaired) electrons. The number of fused-ring (bicyclic) bond motifs is 1. The monoisotopic (exact) mass is 714 g/mol. The Morgan fingerprint density at radius 2 is 1.63 bits per heavy atom. The molecule has 5 rings (SSSR count). The molecule has 0 saturated heterocycles. The molecule has 0 bridgehead atoms. The van der Waals surface area contributed by atoms with Gasteiger partial charge in [0.2, 0.25) is 5.91 Å². The minimum absolute atomic E-state index is 0.125. The summed E-state index contributed by atoms with van der Waals surface area (Å²) in [5.41, 5.74) is 1.13. The average Bonchev–Trinajstić information content (AvgIpc) is 3.01. The number of unbranched alkanes of at least 4 members (excludes halogenated alkanes) is 2. The molecule has 1 aliphatic carbocycles. The molecule has 9 nitrogen and oxygen atoms in total. The summed E-state index contributed by atoms with van der Waals surface area (Å²) in [6.07, 6.45) is -3.37. The maximum absolute atomic E-state index is 13.9. The smallest absolute Gasteiger partial charge is 0.490 e. The number of alkyl halides is 6. The molecule has 2 aliphatic rings. The second-order valence-corrected chi connectivity index (χ2v) is 12.0. The van der Waals surface area contributed by atoms with E-state index in [0.717, 1.165) is 67.9 Å². The minimum Gasteiger partial charge on any atom is -0.494 e. The highest BCUT2D eigenvalue weighted by Crippen LogP contribution is 2.38. The third-order valence-electron chi connectivity index (χ3n) is 8.14. The Bertz CT molecular complexity index is 1630. The van der Waals surface area contributed by atoms with E-state index in [9.17, 15) is 35.9 Å². The molecule has 1 atom stereocenters. The lowest BCUT2D eigenvalue weighted by atomic mass is 9.84. The van der Waals surface area contributed by atoms with Crippen LogP contribution < -0.4 is 15.6 Å². The lowest BCUT2D eigenvalue weighted by Gasteiger charge is -2.35. The number of aliphatic carboxylic acids is 1. The molecular weight excluding hydrogens is 678 g/mol. The van der Waals surface area contributed by atoms with Gasteiger partial charge in [0.15, 0.2) is 0 Å². The second-order valence-electron chi connectivity index (χ2n) is 11.6. The van der Waals surface area contributed by atoms with Crippen LogP contribution in [0.15, 0.2) is 59.4 Å². The lowest BCUT2D eigenvalue weighted by molar-refractivity contribution is -0.192. The number of carboxylic acid groups (broad SMARTS) is 1. The fourth-order valence-electron chi connectivity index (χ4n) is 5.33. The Kier molecular flexibility index (Phi) is 12.8. The third kappa shape index (κ3) is 10.00. The van der Waals surface area contributed by atoms with Crippen LogP contribution in [0.4, 0.5) is 26.3 Å². The molecule has 0 spiro atoms. The summed E-state index contributed by atoms with van der Waals surface area (Å²) in [6, 6.07) is 14.2. The normalized spacial score (nSPS) is 16.2. The first kappa shape index (κ1) is 37.8. The van der Waals surface area contributed by atoms with E-state index in [1.165, 1.54) is 12.1 Å². The Balaban J connectivity index is 0.000000698. The van der Waals surface area contributed by atoms with E-state index < -0.39 is 29.3 Å². The van der Waals surface area contributed by atoms with Crippen LogP contribution in [0.3, 0.4) is 0 Å². The topological polar surface area (TPSA) is 114 Å². The molecule has 266 valence electrons. The number of thiol groups is 1. The fourth-order valence-corrected chi connectivity index (χ4v) is 5.84. The van der Waals surface area contributed by atoms with E-state index >= 15 is 0 Å². The largest absolute Gasteiger partial charge is 0.494 e. The summed E-state index contributed by atoms with van der Waals surface area (Å²) in [5.74, 6) is -1.40. The number of halogens is 6. The minimum atomic E-state index is -5.08. The summed E-state index contributed by atoms with van der Waals surface area (Å²) < 4.78 is 76.9. The number of hydrogen-bond donors (Lipinski definition) is 3. The van der Waals surface area contributed by atoms with Gasteiger partial charge in [0, 0.05) is 18.9 Å². The van der Waals surface area contributed by atoms with Crippen LogP contribution in [0.5, 0.6) is 5.75 Å². The molecular formula is C33H36F6N4O5S. The van der Waals surface area contributed by atoms with Crippen molar-refractivity contribution in [2.24, 2.45) is 0 Å². The summed E-state index contributed by atoms with van der Waals surface area (Å²) in [6.45, 7) is 1.61. The highest BCUT2D eigenvalue weighted by molar-refractivity contribution is 7.80. The zero-order chi connectivity index (χ0) is 35.8. The highest BCUT2D eigenvalue weighted by atomic mass is 32.1. The Morgan fingerprint density at radius 1 is 0.980 bits per heavy atom. The van der Waals surface area contributed by atoms with Gasteiger partial charge in [-0.2, -0.15) is 26.3 Å². The first-order valence-corrected chi connectivity index (χ1v) is 16.2. The lowest BCUT2D eigenvalue weighted by Crippen LogP contribution is -2.46. The Labute approximate surface area is 283 Å². The van der Waals surface area contributed by atoms with E-state index in [4.69, 9.17) is 32.3 Å². The van der Waals surface area contributed by atoms with Crippen LogP contribution >= 0.6 is 12.6 Å². The van der Waals surface area contributed by atoms with Crippen LogP contribution in [-0.4, -0.2) is 63.9 Å². The first-order valence-electron chi connectivity index (χ1n) is 15.7. The van der Waals surface area contributed by atoms with Crippen molar-refractivity contribution in [1.29, 1.82) is 0 Å². The number of hydrogen-bond acceptors (Lipinski definition) is 7. The maximum Gasteiger partial charge on any atom is 0.490 e. The van der Waals surface area contributed by atoms with E-state index in [1.54, 1.807) is 9.47 Å². The van der Waals surface area contributed by atoms with Gasteiger partial charge in [-0.25, -0.2) is 9.78 Å². The molecule has 1 amide bonds. The Morgan fingerprint density at radius 3 is 2.20 bits per heavy atom. The molecule has 2 aromatic carbocycles. The summed E-state index contributed by atoms with van der Waals surface area (Å²) in [7, 11) is 0. The molecule has 1 aliphatic heterocycles.